The van der Waals surface area contributed by atoms with E-state index in [4.69, 9.17) is 35.4 Å². The summed E-state index contributed by atoms with van der Waals surface area (Å²) < 4.78 is 0. The molecule has 1 heterocycles. The highest BCUT2D eigenvalue weighted by atomic mass is 35.5. The summed E-state index contributed by atoms with van der Waals surface area (Å²) in [6, 6.07) is 3.99. The molecule has 7 heteroatoms. The lowest BCUT2D eigenvalue weighted by Gasteiger charge is -2.38. The number of isothiocyanates is 1. The predicted molar refractivity (Wildman–Crippen MR) is 110 cm³/mol. The number of benzene rings is 1. The van der Waals surface area contributed by atoms with E-state index < -0.39 is 0 Å². The number of aliphatic imine (C=N–C) groups is 1. The topological polar surface area (TPSA) is 44.7 Å². The van der Waals surface area contributed by atoms with Gasteiger partial charge >= 0.3 is 0 Å². The summed E-state index contributed by atoms with van der Waals surface area (Å²) in [4.78, 5) is 19.3. The van der Waals surface area contributed by atoms with Gasteiger partial charge in [0.1, 0.15) is 0 Å². The molecule has 0 spiro atoms. The van der Waals surface area contributed by atoms with E-state index in [0.29, 0.717) is 27.3 Å². The highest BCUT2D eigenvalue weighted by molar-refractivity contribution is 7.78. The van der Waals surface area contributed by atoms with Gasteiger partial charge in [-0.2, -0.15) is 4.99 Å². The quantitative estimate of drug-likeness (QED) is 0.559. The lowest BCUT2D eigenvalue weighted by atomic mass is 9.89. The Hall–Kier alpha value is -0.970. The molecule has 1 aliphatic heterocycles. The van der Waals surface area contributed by atoms with Crippen LogP contribution in [0.1, 0.15) is 44.1 Å². The summed E-state index contributed by atoms with van der Waals surface area (Å²) in [6.45, 7) is 2.30. The normalized spacial score (nSPS) is 23.5. The molecule has 26 heavy (non-hydrogen) atoms. The Balaban J connectivity index is 1.69. The first-order chi connectivity index (χ1) is 12.6. The SMILES string of the molecule is O=C(Cc1cc(Cl)c(Cl)cc1N=C=S)NC1CCCCC1N1CCCC1. The molecule has 140 valence electrons. The van der Waals surface area contributed by atoms with Gasteiger partial charge in [-0.15, -0.1) is 0 Å². The second-order valence-electron chi connectivity index (χ2n) is 7.04. The number of thiocarbonyl (C=S) groups is 1. The second kappa shape index (κ2) is 9.29. The van der Waals surface area contributed by atoms with Crippen LogP contribution in [0.4, 0.5) is 5.69 Å². The predicted octanol–water partition coefficient (Wildman–Crippen LogP) is 4.79. The molecule has 1 aliphatic carbocycles. The molecule has 0 bridgehead atoms. The van der Waals surface area contributed by atoms with E-state index in [1.807, 2.05) is 0 Å². The molecule has 4 nitrogen and oxygen atoms in total. The number of carbonyl (C=O) groups excluding carboxylic acids is 1. The van der Waals surface area contributed by atoms with Crippen LogP contribution in [0.2, 0.25) is 10.0 Å². The molecule has 0 aromatic heterocycles. The second-order valence-corrected chi connectivity index (χ2v) is 8.04. The number of carbonyl (C=O) groups is 1. The Morgan fingerprint density at radius 2 is 1.88 bits per heavy atom. The molecule has 1 saturated heterocycles. The Labute approximate surface area is 169 Å². The minimum atomic E-state index is -0.0136. The van der Waals surface area contributed by atoms with Crippen molar-refractivity contribution in [3.05, 3.63) is 27.7 Å². The zero-order chi connectivity index (χ0) is 18.5. The molecular formula is C19H23Cl2N3OS. The average molecular weight is 412 g/mol. The van der Waals surface area contributed by atoms with Gasteiger partial charge < -0.3 is 5.32 Å². The number of halogens is 2. The smallest absolute Gasteiger partial charge is 0.224 e. The van der Waals surface area contributed by atoms with Crippen LogP contribution >= 0.6 is 35.4 Å². The Morgan fingerprint density at radius 3 is 2.62 bits per heavy atom. The van der Waals surface area contributed by atoms with Crippen LogP contribution in [-0.2, 0) is 11.2 Å². The van der Waals surface area contributed by atoms with Crippen LogP contribution in [0.15, 0.2) is 17.1 Å². The van der Waals surface area contributed by atoms with Gasteiger partial charge in [-0.05, 0) is 68.7 Å². The van der Waals surface area contributed by atoms with E-state index in [0.717, 1.165) is 25.9 Å². The summed E-state index contributed by atoms with van der Waals surface area (Å²) in [5.74, 6) is -0.0136. The van der Waals surface area contributed by atoms with Gasteiger partial charge in [0.05, 0.1) is 27.3 Å². The van der Waals surface area contributed by atoms with Gasteiger partial charge in [-0.3, -0.25) is 9.69 Å². The van der Waals surface area contributed by atoms with Crippen LogP contribution in [0.3, 0.4) is 0 Å². The standard InChI is InChI=1S/C19H23Cl2N3OS/c20-14-9-13(17(22-12-26)11-15(14)21)10-19(25)23-16-5-1-2-6-18(16)24-7-3-4-8-24/h9,11,16,18H,1-8,10H2,(H,23,25). The zero-order valence-electron chi connectivity index (χ0n) is 14.6. The maximum Gasteiger partial charge on any atom is 0.224 e. The minimum absolute atomic E-state index is 0.0136. The van der Waals surface area contributed by atoms with E-state index in [9.17, 15) is 4.79 Å². The van der Waals surface area contributed by atoms with Crippen molar-refractivity contribution in [3.8, 4) is 0 Å². The van der Waals surface area contributed by atoms with Crippen LogP contribution in [-0.4, -0.2) is 41.1 Å². The summed E-state index contributed by atoms with van der Waals surface area (Å²) in [7, 11) is 0. The highest BCUT2D eigenvalue weighted by Crippen LogP contribution is 2.31. The zero-order valence-corrected chi connectivity index (χ0v) is 17.0. The van der Waals surface area contributed by atoms with Crippen LogP contribution in [0.5, 0.6) is 0 Å². The molecule has 1 saturated carbocycles. The highest BCUT2D eigenvalue weighted by Gasteiger charge is 2.32. The van der Waals surface area contributed by atoms with Crippen molar-refractivity contribution >= 4 is 52.2 Å². The Bertz CT molecular complexity index is 715. The van der Waals surface area contributed by atoms with Crippen molar-refractivity contribution in [2.75, 3.05) is 13.1 Å². The van der Waals surface area contributed by atoms with Gasteiger partial charge in [0, 0.05) is 12.1 Å². The number of nitrogens with zero attached hydrogens (tertiary/aromatic N) is 2. The molecular weight excluding hydrogens is 389 g/mol. The monoisotopic (exact) mass is 411 g/mol. The Morgan fingerprint density at radius 1 is 1.19 bits per heavy atom. The average Bonchev–Trinajstić information content (AvgIpc) is 3.14. The molecule has 2 aliphatic rings. The van der Waals surface area contributed by atoms with E-state index in [-0.39, 0.29) is 18.4 Å². The van der Waals surface area contributed by atoms with E-state index in [2.05, 4.69) is 20.4 Å². The molecule has 1 aromatic rings. The molecule has 2 fully saturated rings. The largest absolute Gasteiger partial charge is 0.352 e. The third-order valence-electron chi connectivity index (χ3n) is 5.32. The molecule has 2 unspecified atom stereocenters. The number of likely N-dealkylation sites (tertiary alicyclic amines) is 1. The molecule has 1 aromatic carbocycles. The van der Waals surface area contributed by atoms with Crippen molar-refractivity contribution < 1.29 is 4.79 Å². The third kappa shape index (κ3) is 4.85. The fraction of sp³-hybridized carbons (Fsp3) is 0.579. The van der Waals surface area contributed by atoms with Gasteiger partial charge in [-0.25, -0.2) is 0 Å². The lowest BCUT2D eigenvalue weighted by molar-refractivity contribution is -0.121. The maximum atomic E-state index is 12.7. The van der Waals surface area contributed by atoms with Crippen LogP contribution in [0, 0.1) is 0 Å². The number of hydrogen-bond acceptors (Lipinski definition) is 4. The first kappa shape index (κ1) is 19.8. The molecule has 1 N–H and O–H groups in total. The van der Waals surface area contributed by atoms with Gasteiger partial charge in [-0.1, -0.05) is 36.0 Å². The number of hydrogen-bond donors (Lipinski definition) is 1. The van der Waals surface area contributed by atoms with Crippen LogP contribution in [0.25, 0.3) is 0 Å². The molecule has 1 amide bonds. The van der Waals surface area contributed by atoms with E-state index >= 15 is 0 Å². The molecule has 0 radical (unpaired) electrons. The number of rotatable bonds is 5. The number of nitrogens with one attached hydrogen (secondary N) is 1. The fourth-order valence-electron chi connectivity index (χ4n) is 4.09. The van der Waals surface area contributed by atoms with Crippen LogP contribution < -0.4 is 5.32 Å². The van der Waals surface area contributed by atoms with Crippen molar-refractivity contribution in [1.82, 2.24) is 10.2 Å². The Kier molecular flexibility index (Phi) is 7.07. The van der Waals surface area contributed by atoms with Crippen molar-refractivity contribution in [1.29, 1.82) is 0 Å². The first-order valence-corrected chi connectivity index (χ1v) is 10.3. The van der Waals surface area contributed by atoms with Crippen molar-refractivity contribution in [3.63, 3.8) is 0 Å². The molecule has 3 rings (SSSR count). The fourth-order valence-corrected chi connectivity index (χ4v) is 4.54. The summed E-state index contributed by atoms with van der Waals surface area (Å²) in [6.07, 6.45) is 7.35. The summed E-state index contributed by atoms with van der Waals surface area (Å²) in [5, 5.41) is 6.39. The first-order valence-electron chi connectivity index (χ1n) is 9.17. The third-order valence-corrected chi connectivity index (χ3v) is 6.14. The lowest BCUT2D eigenvalue weighted by Crippen LogP contribution is -2.52. The van der Waals surface area contributed by atoms with E-state index in [1.165, 1.54) is 25.7 Å². The molecule has 2 atom stereocenters. The number of amides is 1. The summed E-state index contributed by atoms with van der Waals surface area (Å²) in [5.41, 5.74) is 1.26. The van der Waals surface area contributed by atoms with Crippen molar-refractivity contribution in [2.24, 2.45) is 4.99 Å². The van der Waals surface area contributed by atoms with Gasteiger partial charge in [0.25, 0.3) is 0 Å². The van der Waals surface area contributed by atoms with E-state index in [1.54, 1.807) is 12.1 Å². The summed E-state index contributed by atoms with van der Waals surface area (Å²) >= 11 is 16.8. The maximum absolute atomic E-state index is 12.7. The van der Waals surface area contributed by atoms with Crippen molar-refractivity contribution in [2.45, 2.75) is 57.0 Å². The van der Waals surface area contributed by atoms with Gasteiger partial charge in [0.15, 0.2) is 0 Å². The minimum Gasteiger partial charge on any atom is -0.352 e. The van der Waals surface area contributed by atoms with Gasteiger partial charge in [0.2, 0.25) is 5.91 Å².